The zero-order chi connectivity index (χ0) is 18.9. The molecule has 2 N–H and O–H groups in total. The molecule has 0 spiro atoms. The first-order valence-electron chi connectivity index (χ1n) is 7.94. The van der Waals surface area contributed by atoms with Crippen molar-refractivity contribution in [3.05, 3.63) is 54.1 Å². The number of amides is 2. The summed E-state index contributed by atoms with van der Waals surface area (Å²) in [6, 6.07) is 13.9. The third-order valence-electron chi connectivity index (χ3n) is 3.50. The number of benzene rings is 2. The van der Waals surface area contributed by atoms with Crippen LogP contribution in [0.4, 0.5) is 5.69 Å². The summed E-state index contributed by atoms with van der Waals surface area (Å²) in [7, 11) is 3.02. The average Bonchev–Trinajstić information content (AvgIpc) is 2.66. The van der Waals surface area contributed by atoms with Gasteiger partial charge in [-0.2, -0.15) is 5.10 Å². The normalized spacial score (nSPS) is 10.8. The zero-order valence-corrected chi connectivity index (χ0v) is 14.9. The fourth-order valence-corrected chi connectivity index (χ4v) is 2.25. The predicted octanol–water partition coefficient (Wildman–Crippen LogP) is 2.84. The number of hydrazone groups is 1. The van der Waals surface area contributed by atoms with Crippen LogP contribution in [-0.4, -0.2) is 31.7 Å². The van der Waals surface area contributed by atoms with Crippen molar-refractivity contribution in [2.45, 2.75) is 13.3 Å². The highest BCUT2D eigenvalue weighted by Crippen LogP contribution is 2.23. The molecule has 0 radical (unpaired) electrons. The van der Waals surface area contributed by atoms with E-state index in [1.165, 1.54) is 14.2 Å². The summed E-state index contributed by atoms with van der Waals surface area (Å²) in [5, 5.41) is 6.72. The summed E-state index contributed by atoms with van der Waals surface area (Å²) in [6.07, 6.45) is 0.0320. The molecule has 0 saturated carbocycles. The van der Waals surface area contributed by atoms with E-state index in [1.807, 2.05) is 6.07 Å². The van der Waals surface area contributed by atoms with Gasteiger partial charge in [-0.3, -0.25) is 9.59 Å². The van der Waals surface area contributed by atoms with E-state index in [1.54, 1.807) is 49.4 Å². The van der Waals surface area contributed by atoms with Crippen molar-refractivity contribution >= 4 is 23.2 Å². The van der Waals surface area contributed by atoms with Crippen molar-refractivity contribution in [1.29, 1.82) is 0 Å². The molecule has 7 heteroatoms. The van der Waals surface area contributed by atoms with E-state index >= 15 is 0 Å². The van der Waals surface area contributed by atoms with E-state index in [9.17, 15) is 9.59 Å². The van der Waals surface area contributed by atoms with Crippen molar-refractivity contribution < 1.29 is 19.1 Å². The summed E-state index contributed by atoms with van der Waals surface area (Å²) in [5.74, 6) is 0.348. The Morgan fingerprint density at radius 1 is 0.962 bits per heavy atom. The molecule has 0 heterocycles. The van der Waals surface area contributed by atoms with Crippen LogP contribution in [0.3, 0.4) is 0 Å². The Bertz CT molecular complexity index is 818. The molecule has 0 aromatic heterocycles. The van der Waals surface area contributed by atoms with Crippen molar-refractivity contribution in [3.8, 4) is 11.5 Å². The number of methoxy groups -OCH3 is 2. The second kappa shape index (κ2) is 9.22. The zero-order valence-electron chi connectivity index (χ0n) is 14.9. The number of nitrogens with one attached hydrogen (secondary N) is 2. The molecule has 2 aromatic rings. The Kier molecular flexibility index (Phi) is 6.73. The molecule has 136 valence electrons. The number of ether oxygens (including phenoxy) is 2. The Hall–Kier alpha value is -3.35. The molecule has 26 heavy (non-hydrogen) atoms. The molecule has 0 aliphatic heterocycles. The Morgan fingerprint density at radius 2 is 1.58 bits per heavy atom. The largest absolute Gasteiger partial charge is 0.496 e. The number of hydrogen-bond donors (Lipinski definition) is 2. The molecule has 0 aliphatic rings. The van der Waals surface area contributed by atoms with Crippen LogP contribution < -0.4 is 20.2 Å². The van der Waals surface area contributed by atoms with E-state index in [2.05, 4.69) is 15.8 Å². The Labute approximate surface area is 152 Å². The molecular weight excluding hydrogens is 334 g/mol. The van der Waals surface area contributed by atoms with Gasteiger partial charge in [0.1, 0.15) is 11.5 Å². The second-order valence-electron chi connectivity index (χ2n) is 5.41. The maximum atomic E-state index is 12.2. The van der Waals surface area contributed by atoms with Crippen LogP contribution in [0.5, 0.6) is 11.5 Å². The van der Waals surface area contributed by atoms with E-state index in [0.29, 0.717) is 28.5 Å². The topological polar surface area (TPSA) is 89.0 Å². The number of nitrogens with zero attached hydrogens (tertiary/aromatic N) is 1. The standard InChI is InChI=1S/C19H21N3O4/c1-13(12-18(23)20-15-9-5-7-11-17(15)26-3)21-22-19(24)14-8-4-6-10-16(14)25-2/h4-11H,12H2,1-3H3,(H,20,23)(H,22,24)/b21-13-. The Morgan fingerprint density at radius 3 is 2.27 bits per heavy atom. The van der Waals surface area contributed by atoms with E-state index in [0.717, 1.165) is 0 Å². The van der Waals surface area contributed by atoms with E-state index < -0.39 is 5.91 Å². The molecule has 0 fully saturated rings. The number of anilines is 1. The predicted molar refractivity (Wildman–Crippen MR) is 99.8 cm³/mol. The van der Waals surface area contributed by atoms with Crippen LogP contribution in [0.15, 0.2) is 53.6 Å². The van der Waals surface area contributed by atoms with E-state index in [4.69, 9.17) is 9.47 Å². The lowest BCUT2D eigenvalue weighted by Crippen LogP contribution is -2.22. The molecule has 0 bridgehead atoms. The number of para-hydroxylation sites is 3. The molecular formula is C19H21N3O4. The fraction of sp³-hybridized carbons (Fsp3) is 0.211. The third kappa shape index (κ3) is 5.07. The number of carbonyl (C=O) groups is 2. The maximum Gasteiger partial charge on any atom is 0.275 e. The summed E-state index contributed by atoms with van der Waals surface area (Å²) in [4.78, 5) is 24.3. The smallest absolute Gasteiger partial charge is 0.275 e. The average molecular weight is 355 g/mol. The quantitative estimate of drug-likeness (QED) is 0.590. The summed E-state index contributed by atoms with van der Waals surface area (Å²) in [6.45, 7) is 1.66. The molecule has 0 saturated heterocycles. The van der Waals surface area contributed by atoms with Crippen molar-refractivity contribution in [3.63, 3.8) is 0 Å². The van der Waals surface area contributed by atoms with Crippen LogP contribution in [0.2, 0.25) is 0 Å². The van der Waals surface area contributed by atoms with Gasteiger partial charge in [-0.1, -0.05) is 24.3 Å². The van der Waals surface area contributed by atoms with Crippen LogP contribution >= 0.6 is 0 Å². The highest BCUT2D eigenvalue weighted by molar-refractivity contribution is 6.06. The maximum absolute atomic E-state index is 12.2. The van der Waals surface area contributed by atoms with Gasteiger partial charge in [0.15, 0.2) is 0 Å². The molecule has 2 amide bonds. The summed E-state index contributed by atoms with van der Waals surface area (Å²) < 4.78 is 10.3. The third-order valence-corrected chi connectivity index (χ3v) is 3.50. The minimum Gasteiger partial charge on any atom is -0.496 e. The number of rotatable bonds is 7. The molecule has 7 nitrogen and oxygen atoms in total. The van der Waals surface area contributed by atoms with Gasteiger partial charge in [0.2, 0.25) is 5.91 Å². The molecule has 0 aliphatic carbocycles. The summed E-state index contributed by atoms with van der Waals surface area (Å²) >= 11 is 0. The Balaban J connectivity index is 1.95. The summed E-state index contributed by atoms with van der Waals surface area (Å²) in [5.41, 5.74) is 3.83. The van der Waals surface area contributed by atoms with Gasteiger partial charge in [-0.05, 0) is 31.2 Å². The van der Waals surface area contributed by atoms with Crippen LogP contribution in [0, 0.1) is 0 Å². The van der Waals surface area contributed by atoms with Gasteiger partial charge in [-0.25, -0.2) is 5.43 Å². The van der Waals surface area contributed by atoms with Gasteiger partial charge >= 0.3 is 0 Å². The first kappa shape index (κ1) is 19.0. The molecule has 2 rings (SSSR count). The molecule has 0 atom stereocenters. The minimum atomic E-state index is -0.410. The lowest BCUT2D eigenvalue weighted by atomic mass is 10.2. The van der Waals surface area contributed by atoms with Crippen LogP contribution in [0.1, 0.15) is 23.7 Å². The van der Waals surface area contributed by atoms with Gasteiger partial charge in [0.05, 0.1) is 31.9 Å². The first-order chi connectivity index (χ1) is 12.5. The first-order valence-corrected chi connectivity index (χ1v) is 7.94. The van der Waals surface area contributed by atoms with E-state index in [-0.39, 0.29) is 12.3 Å². The van der Waals surface area contributed by atoms with Crippen LogP contribution in [-0.2, 0) is 4.79 Å². The van der Waals surface area contributed by atoms with Crippen LogP contribution in [0.25, 0.3) is 0 Å². The fourth-order valence-electron chi connectivity index (χ4n) is 2.25. The van der Waals surface area contributed by atoms with Crippen molar-refractivity contribution in [2.75, 3.05) is 19.5 Å². The van der Waals surface area contributed by atoms with Crippen molar-refractivity contribution in [1.82, 2.24) is 5.43 Å². The highest BCUT2D eigenvalue weighted by Gasteiger charge is 2.12. The molecule has 2 aromatic carbocycles. The second-order valence-corrected chi connectivity index (χ2v) is 5.41. The lowest BCUT2D eigenvalue weighted by molar-refractivity contribution is -0.115. The highest BCUT2D eigenvalue weighted by atomic mass is 16.5. The molecule has 0 unspecified atom stereocenters. The van der Waals surface area contributed by atoms with Crippen molar-refractivity contribution in [2.24, 2.45) is 5.10 Å². The number of hydrogen-bond acceptors (Lipinski definition) is 5. The number of carbonyl (C=O) groups excluding carboxylic acids is 2. The lowest BCUT2D eigenvalue weighted by Gasteiger charge is -2.10. The minimum absolute atomic E-state index is 0.0320. The van der Waals surface area contributed by atoms with Gasteiger partial charge in [-0.15, -0.1) is 0 Å². The van der Waals surface area contributed by atoms with Gasteiger partial charge in [0.25, 0.3) is 5.91 Å². The van der Waals surface area contributed by atoms with Gasteiger partial charge in [0, 0.05) is 5.71 Å². The SMILES string of the molecule is COc1ccccc1NC(=O)C/C(C)=N\NC(=O)c1ccccc1OC. The monoisotopic (exact) mass is 355 g/mol. The van der Waals surface area contributed by atoms with Gasteiger partial charge < -0.3 is 14.8 Å².